The highest BCUT2D eigenvalue weighted by atomic mass is 16.7. The van der Waals surface area contributed by atoms with Gasteiger partial charge in [0, 0.05) is 17.7 Å². The summed E-state index contributed by atoms with van der Waals surface area (Å²) in [6, 6.07) is 2.12. The average Bonchev–Trinajstić information content (AvgIpc) is 2.48. The van der Waals surface area contributed by atoms with E-state index in [-0.39, 0.29) is 18.3 Å². The smallest absolute Gasteiger partial charge is 0.398 e. The van der Waals surface area contributed by atoms with E-state index in [4.69, 9.17) is 14.6 Å². The fraction of sp³-hybridized carbons (Fsp3) is 0.583. The molecule has 0 bridgehead atoms. The van der Waals surface area contributed by atoms with Crippen molar-refractivity contribution < 1.29 is 9.31 Å². The van der Waals surface area contributed by atoms with E-state index in [2.05, 4.69) is 11.4 Å². The Bertz CT molecular complexity index is 416. The van der Waals surface area contributed by atoms with Crippen LogP contribution >= 0.6 is 0 Å². The van der Waals surface area contributed by atoms with Crippen LogP contribution in [0.5, 0.6) is 0 Å². The highest BCUT2D eigenvalue weighted by Gasteiger charge is 2.52. The maximum absolute atomic E-state index is 8.76. The second kappa shape index (κ2) is 3.90. The first-order valence-electron chi connectivity index (χ1n) is 5.76. The van der Waals surface area contributed by atoms with E-state index in [0.717, 1.165) is 5.60 Å². The number of nitriles is 1. The van der Waals surface area contributed by atoms with Gasteiger partial charge in [-0.05, 0) is 39.8 Å². The zero-order valence-corrected chi connectivity index (χ0v) is 10.7. The molecule has 1 N–H and O–H groups in total. The second-order valence-corrected chi connectivity index (χ2v) is 5.37. The zero-order chi connectivity index (χ0) is 12.7. The lowest BCUT2D eigenvalue weighted by Crippen LogP contribution is -2.41. The quantitative estimate of drug-likeness (QED) is 0.697. The van der Waals surface area contributed by atoms with Gasteiger partial charge in [0.15, 0.2) is 0 Å². The normalized spacial score (nSPS) is 25.7. The number of dihydropyridines is 1. The Balaban J connectivity index is 2.16. The predicted molar refractivity (Wildman–Crippen MR) is 65.9 cm³/mol. The molecule has 2 aliphatic heterocycles. The van der Waals surface area contributed by atoms with Gasteiger partial charge in [-0.1, -0.05) is 0 Å². The Morgan fingerprint density at radius 2 is 1.82 bits per heavy atom. The van der Waals surface area contributed by atoms with Crippen LogP contribution in [-0.2, 0) is 9.31 Å². The molecule has 17 heavy (non-hydrogen) atoms. The van der Waals surface area contributed by atoms with Crippen LogP contribution in [0.4, 0.5) is 0 Å². The first kappa shape index (κ1) is 12.2. The molecule has 0 aromatic heterocycles. The molecule has 0 aromatic carbocycles. The van der Waals surface area contributed by atoms with Gasteiger partial charge in [0.05, 0.1) is 17.3 Å². The number of allylic oxidation sites excluding steroid dienone is 2. The van der Waals surface area contributed by atoms with Crippen LogP contribution in [0.15, 0.2) is 23.3 Å². The lowest BCUT2D eigenvalue weighted by atomic mass is 9.82. The molecule has 0 amide bonds. The van der Waals surface area contributed by atoms with Gasteiger partial charge in [0.1, 0.15) is 0 Å². The Labute approximate surface area is 102 Å². The van der Waals surface area contributed by atoms with Crippen molar-refractivity contribution in [2.75, 3.05) is 6.54 Å². The summed E-state index contributed by atoms with van der Waals surface area (Å²) in [6.45, 7) is 8.62. The molecule has 0 aliphatic carbocycles. The third kappa shape index (κ3) is 2.11. The first-order chi connectivity index (χ1) is 7.86. The molecule has 0 radical (unpaired) electrons. The molecule has 1 saturated heterocycles. The number of rotatable bonds is 1. The van der Waals surface area contributed by atoms with Crippen molar-refractivity contribution in [1.82, 2.24) is 5.32 Å². The van der Waals surface area contributed by atoms with Crippen LogP contribution in [0.3, 0.4) is 0 Å². The lowest BCUT2D eigenvalue weighted by molar-refractivity contribution is 0.00578. The highest BCUT2D eigenvalue weighted by Crippen LogP contribution is 2.38. The fourth-order valence-electron chi connectivity index (χ4n) is 1.71. The van der Waals surface area contributed by atoms with E-state index in [1.807, 2.05) is 33.8 Å². The van der Waals surface area contributed by atoms with Crippen LogP contribution in [-0.4, -0.2) is 24.9 Å². The third-order valence-electron chi connectivity index (χ3n) is 3.60. The van der Waals surface area contributed by atoms with Gasteiger partial charge in [-0.15, -0.1) is 0 Å². The van der Waals surface area contributed by atoms with Crippen molar-refractivity contribution in [3.05, 3.63) is 23.3 Å². The van der Waals surface area contributed by atoms with Crippen molar-refractivity contribution in [2.24, 2.45) is 0 Å². The lowest BCUT2D eigenvalue weighted by Gasteiger charge is -2.32. The Morgan fingerprint density at radius 3 is 2.24 bits per heavy atom. The minimum absolute atomic E-state index is 0.334. The molecule has 0 atom stereocenters. The number of hydrogen-bond donors (Lipinski definition) is 1. The van der Waals surface area contributed by atoms with Crippen LogP contribution in [0, 0.1) is 11.3 Å². The number of nitrogens with zero attached hydrogens (tertiary/aromatic N) is 1. The van der Waals surface area contributed by atoms with E-state index in [1.54, 1.807) is 6.08 Å². The Morgan fingerprint density at radius 1 is 1.24 bits per heavy atom. The van der Waals surface area contributed by atoms with E-state index < -0.39 is 0 Å². The summed E-state index contributed by atoms with van der Waals surface area (Å²) in [4.78, 5) is 0. The van der Waals surface area contributed by atoms with Gasteiger partial charge >= 0.3 is 7.12 Å². The van der Waals surface area contributed by atoms with Crippen molar-refractivity contribution in [1.29, 1.82) is 5.26 Å². The highest BCUT2D eigenvalue weighted by molar-refractivity contribution is 6.54. The van der Waals surface area contributed by atoms with E-state index in [0.29, 0.717) is 12.1 Å². The number of nitrogens with one attached hydrogen (secondary N) is 1. The summed E-state index contributed by atoms with van der Waals surface area (Å²) >= 11 is 0. The summed E-state index contributed by atoms with van der Waals surface area (Å²) in [5, 5.41) is 11.9. The van der Waals surface area contributed by atoms with Gasteiger partial charge in [0.25, 0.3) is 0 Å². The average molecular weight is 232 g/mol. The van der Waals surface area contributed by atoms with Crippen LogP contribution < -0.4 is 5.32 Å². The molecular formula is C12H17BN2O2. The molecule has 5 heteroatoms. The van der Waals surface area contributed by atoms with Gasteiger partial charge < -0.3 is 14.6 Å². The molecule has 2 aliphatic rings. The summed E-state index contributed by atoms with van der Waals surface area (Å²) < 4.78 is 11.8. The van der Waals surface area contributed by atoms with Crippen molar-refractivity contribution in [3.8, 4) is 6.07 Å². The fourth-order valence-corrected chi connectivity index (χ4v) is 1.71. The largest absolute Gasteiger partial charge is 0.511 e. The summed E-state index contributed by atoms with van der Waals surface area (Å²) in [7, 11) is -0.378. The molecule has 1 fully saturated rings. The topological polar surface area (TPSA) is 54.3 Å². The third-order valence-corrected chi connectivity index (χ3v) is 3.60. The van der Waals surface area contributed by atoms with Crippen LogP contribution in [0.1, 0.15) is 27.7 Å². The molecule has 0 aromatic rings. The molecule has 2 rings (SSSR count). The second-order valence-electron chi connectivity index (χ2n) is 5.37. The van der Waals surface area contributed by atoms with E-state index in [9.17, 15) is 0 Å². The van der Waals surface area contributed by atoms with Crippen molar-refractivity contribution in [2.45, 2.75) is 38.9 Å². The van der Waals surface area contributed by atoms with Crippen LogP contribution in [0.25, 0.3) is 0 Å². The molecule has 90 valence electrons. The standard InChI is InChI=1S/C12H17BN2O2/c1-11(2)12(3,4)17-13(16-11)10-6-5-9(7-14)8-15-10/h5-6,15H,8H2,1-4H3. The Kier molecular flexibility index (Phi) is 2.80. The van der Waals surface area contributed by atoms with Crippen molar-refractivity contribution in [3.63, 3.8) is 0 Å². The van der Waals surface area contributed by atoms with Gasteiger partial charge in [-0.2, -0.15) is 5.26 Å². The zero-order valence-electron chi connectivity index (χ0n) is 10.7. The van der Waals surface area contributed by atoms with Crippen LogP contribution in [0.2, 0.25) is 0 Å². The Hall–Kier alpha value is -1.25. The van der Waals surface area contributed by atoms with Crippen molar-refractivity contribution >= 4 is 7.12 Å². The van der Waals surface area contributed by atoms with Gasteiger partial charge in [0.2, 0.25) is 0 Å². The van der Waals surface area contributed by atoms with E-state index in [1.165, 1.54) is 0 Å². The summed E-state index contributed by atoms with van der Waals surface area (Å²) in [5.74, 6) is 0. The monoisotopic (exact) mass is 232 g/mol. The summed E-state index contributed by atoms with van der Waals surface area (Å²) in [6.07, 6.45) is 3.65. The first-order valence-corrected chi connectivity index (χ1v) is 5.76. The molecule has 0 unspecified atom stereocenters. The SMILES string of the molecule is CC1(C)OB(C2=CC=C(C#N)CN2)OC1(C)C. The molecule has 4 nitrogen and oxygen atoms in total. The molecule has 0 saturated carbocycles. The predicted octanol–water partition coefficient (Wildman–Crippen LogP) is 1.55. The van der Waals surface area contributed by atoms with Gasteiger partial charge in [-0.3, -0.25) is 0 Å². The van der Waals surface area contributed by atoms with E-state index >= 15 is 0 Å². The minimum Gasteiger partial charge on any atom is -0.398 e. The molecule has 2 heterocycles. The van der Waals surface area contributed by atoms with Gasteiger partial charge in [-0.25, -0.2) is 0 Å². The minimum atomic E-state index is -0.378. The number of hydrogen-bond acceptors (Lipinski definition) is 4. The maximum Gasteiger partial charge on any atom is 0.511 e. The maximum atomic E-state index is 8.76. The molecule has 0 spiro atoms. The molecular weight excluding hydrogens is 215 g/mol. The summed E-state index contributed by atoms with van der Waals surface area (Å²) in [5.41, 5.74) is 0.923.